The van der Waals surface area contributed by atoms with E-state index in [0.717, 1.165) is 3.57 Å². The number of carbonyl (C=O) groups excluding carboxylic acids is 2. The van der Waals surface area contributed by atoms with Crippen LogP contribution in [0.15, 0.2) is 24.3 Å². The standard InChI is InChI=1S/C11H12INO3/c1-2-13-10(14)7-16-11(15)8-4-3-5-9(12)6-8/h3-6H,2,7H2,1H3,(H,13,14). The van der Waals surface area contributed by atoms with E-state index in [1.807, 2.05) is 6.07 Å². The minimum atomic E-state index is -0.482. The fraction of sp³-hybridized carbons (Fsp3) is 0.273. The van der Waals surface area contributed by atoms with Crippen LogP contribution in [-0.4, -0.2) is 25.0 Å². The van der Waals surface area contributed by atoms with Crippen molar-refractivity contribution in [3.63, 3.8) is 0 Å². The van der Waals surface area contributed by atoms with Gasteiger partial charge in [0.1, 0.15) is 0 Å². The highest BCUT2D eigenvalue weighted by Crippen LogP contribution is 2.08. The molecule has 0 radical (unpaired) electrons. The summed E-state index contributed by atoms with van der Waals surface area (Å²) in [5.74, 6) is -0.772. The van der Waals surface area contributed by atoms with Crippen molar-refractivity contribution in [3.05, 3.63) is 33.4 Å². The quantitative estimate of drug-likeness (QED) is 0.672. The molecule has 0 aromatic heterocycles. The van der Waals surface area contributed by atoms with Gasteiger partial charge in [-0.2, -0.15) is 0 Å². The molecule has 4 nitrogen and oxygen atoms in total. The predicted octanol–water partition coefficient (Wildman–Crippen LogP) is 1.58. The van der Waals surface area contributed by atoms with Crippen LogP contribution in [-0.2, 0) is 9.53 Å². The Balaban J connectivity index is 2.50. The van der Waals surface area contributed by atoms with Crippen LogP contribution in [0.5, 0.6) is 0 Å². The Labute approximate surface area is 108 Å². The Hall–Kier alpha value is -1.11. The lowest BCUT2D eigenvalue weighted by Gasteiger charge is -2.04. The normalized spacial score (nSPS) is 9.62. The molecule has 16 heavy (non-hydrogen) atoms. The number of esters is 1. The van der Waals surface area contributed by atoms with Crippen molar-refractivity contribution >= 4 is 34.5 Å². The van der Waals surface area contributed by atoms with Gasteiger partial charge in [-0.1, -0.05) is 6.07 Å². The molecule has 0 aliphatic carbocycles. The van der Waals surface area contributed by atoms with Crippen LogP contribution in [0.3, 0.4) is 0 Å². The molecule has 0 heterocycles. The average molecular weight is 333 g/mol. The molecular weight excluding hydrogens is 321 g/mol. The summed E-state index contributed by atoms with van der Waals surface area (Å²) in [4.78, 5) is 22.6. The number of benzene rings is 1. The van der Waals surface area contributed by atoms with Crippen molar-refractivity contribution in [1.29, 1.82) is 0 Å². The van der Waals surface area contributed by atoms with E-state index in [1.54, 1.807) is 25.1 Å². The molecular formula is C11H12INO3. The summed E-state index contributed by atoms with van der Waals surface area (Å²) < 4.78 is 5.79. The number of likely N-dealkylation sites (N-methyl/N-ethyl adjacent to an activating group) is 1. The van der Waals surface area contributed by atoms with Gasteiger partial charge < -0.3 is 10.1 Å². The maximum absolute atomic E-state index is 11.5. The van der Waals surface area contributed by atoms with E-state index >= 15 is 0 Å². The minimum Gasteiger partial charge on any atom is -0.452 e. The Morgan fingerprint density at radius 2 is 2.19 bits per heavy atom. The second kappa shape index (κ2) is 6.47. The van der Waals surface area contributed by atoms with Crippen LogP contribution in [0, 0.1) is 3.57 Å². The van der Waals surface area contributed by atoms with E-state index in [0.29, 0.717) is 12.1 Å². The number of nitrogens with one attached hydrogen (secondary N) is 1. The molecule has 5 heteroatoms. The molecule has 0 saturated carbocycles. The fourth-order valence-corrected chi connectivity index (χ4v) is 1.62. The highest BCUT2D eigenvalue weighted by atomic mass is 127. The van der Waals surface area contributed by atoms with Gasteiger partial charge in [-0.25, -0.2) is 4.79 Å². The van der Waals surface area contributed by atoms with E-state index in [1.165, 1.54) is 0 Å². The highest BCUT2D eigenvalue weighted by Gasteiger charge is 2.09. The molecule has 1 rings (SSSR count). The zero-order valence-corrected chi connectivity index (χ0v) is 11.0. The first kappa shape index (κ1) is 13.0. The van der Waals surface area contributed by atoms with Crippen molar-refractivity contribution in [2.24, 2.45) is 0 Å². The SMILES string of the molecule is CCNC(=O)COC(=O)c1cccc(I)c1. The second-order valence-corrected chi connectivity index (χ2v) is 4.29. The van der Waals surface area contributed by atoms with Gasteiger partial charge >= 0.3 is 5.97 Å². The van der Waals surface area contributed by atoms with Gasteiger partial charge in [0, 0.05) is 10.1 Å². The number of rotatable bonds is 4. The van der Waals surface area contributed by atoms with Crippen LogP contribution < -0.4 is 5.32 Å². The van der Waals surface area contributed by atoms with Crippen molar-refractivity contribution in [1.82, 2.24) is 5.32 Å². The molecule has 1 aromatic rings. The van der Waals surface area contributed by atoms with Crippen LogP contribution in [0.2, 0.25) is 0 Å². The first-order valence-electron chi connectivity index (χ1n) is 4.83. The molecule has 0 atom stereocenters. The molecule has 1 N–H and O–H groups in total. The summed E-state index contributed by atoms with van der Waals surface area (Å²) in [5.41, 5.74) is 0.455. The van der Waals surface area contributed by atoms with Crippen LogP contribution >= 0.6 is 22.6 Å². The van der Waals surface area contributed by atoms with E-state index in [2.05, 4.69) is 27.9 Å². The first-order valence-corrected chi connectivity index (χ1v) is 5.90. The fourth-order valence-electron chi connectivity index (χ4n) is 1.08. The maximum atomic E-state index is 11.5. The summed E-state index contributed by atoms with van der Waals surface area (Å²) in [6, 6.07) is 7.01. The molecule has 0 fully saturated rings. The number of ether oxygens (including phenoxy) is 1. The van der Waals surface area contributed by atoms with Crippen LogP contribution in [0.1, 0.15) is 17.3 Å². The number of hydrogen-bond acceptors (Lipinski definition) is 3. The summed E-state index contributed by atoms with van der Waals surface area (Å²) in [6.45, 7) is 2.09. The summed E-state index contributed by atoms with van der Waals surface area (Å²) in [6.07, 6.45) is 0. The second-order valence-electron chi connectivity index (χ2n) is 3.04. The van der Waals surface area contributed by atoms with Gasteiger partial charge in [-0.3, -0.25) is 4.79 Å². The zero-order valence-electron chi connectivity index (χ0n) is 8.83. The Kier molecular flexibility index (Phi) is 5.24. The molecule has 1 aromatic carbocycles. The zero-order chi connectivity index (χ0) is 12.0. The number of amides is 1. The first-order chi connectivity index (χ1) is 7.63. The van der Waals surface area contributed by atoms with Crippen molar-refractivity contribution in [2.75, 3.05) is 13.2 Å². The van der Waals surface area contributed by atoms with Crippen LogP contribution in [0.4, 0.5) is 0 Å². The summed E-state index contributed by atoms with van der Waals surface area (Å²) >= 11 is 2.11. The van der Waals surface area contributed by atoms with Crippen molar-refractivity contribution in [3.8, 4) is 0 Å². The third-order valence-corrected chi connectivity index (χ3v) is 2.44. The summed E-state index contributed by atoms with van der Waals surface area (Å²) in [7, 11) is 0. The average Bonchev–Trinajstić information content (AvgIpc) is 2.26. The Bertz CT molecular complexity index is 393. The van der Waals surface area contributed by atoms with Crippen molar-refractivity contribution < 1.29 is 14.3 Å². The van der Waals surface area contributed by atoms with Gasteiger partial charge in [0.15, 0.2) is 6.61 Å². The number of hydrogen-bond donors (Lipinski definition) is 1. The largest absolute Gasteiger partial charge is 0.452 e. The highest BCUT2D eigenvalue weighted by molar-refractivity contribution is 14.1. The topological polar surface area (TPSA) is 55.4 Å². The lowest BCUT2D eigenvalue weighted by molar-refractivity contribution is -0.124. The molecule has 1 amide bonds. The molecule has 0 aliphatic rings. The maximum Gasteiger partial charge on any atom is 0.338 e. The number of carbonyl (C=O) groups is 2. The van der Waals surface area contributed by atoms with Gasteiger partial charge in [0.25, 0.3) is 5.91 Å². The monoisotopic (exact) mass is 333 g/mol. The number of halogens is 1. The van der Waals surface area contributed by atoms with Gasteiger partial charge in [0.05, 0.1) is 5.56 Å². The predicted molar refractivity (Wildman–Crippen MR) is 68.1 cm³/mol. The van der Waals surface area contributed by atoms with Gasteiger partial charge in [-0.05, 0) is 47.7 Å². The lowest BCUT2D eigenvalue weighted by Crippen LogP contribution is -2.28. The molecule has 0 aliphatic heterocycles. The van der Waals surface area contributed by atoms with E-state index in [4.69, 9.17) is 4.74 Å². The van der Waals surface area contributed by atoms with E-state index in [9.17, 15) is 9.59 Å². The van der Waals surface area contributed by atoms with Crippen molar-refractivity contribution in [2.45, 2.75) is 6.92 Å². The van der Waals surface area contributed by atoms with E-state index in [-0.39, 0.29) is 12.5 Å². The summed E-state index contributed by atoms with van der Waals surface area (Å²) in [5, 5.41) is 2.55. The van der Waals surface area contributed by atoms with Gasteiger partial charge in [-0.15, -0.1) is 0 Å². The minimum absolute atomic E-state index is 0.238. The molecule has 0 bridgehead atoms. The van der Waals surface area contributed by atoms with Crippen LogP contribution in [0.25, 0.3) is 0 Å². The third kappa shape index (κ3) is 4.18. The lowest BCUT2D eigenvalue weighted by atomic mass is 10.2. The molecule has 0 saturated heterocycles. The Morgan fingerprint density at radius 3 is 2.81 bits per heavy atom. The smallest absolute Gasteiger partial charge is 0.338 e. The Morgan fingerprint density at radius 1 is 1.44 bits per heavy atom. The molecule has 0 unspecified atom stereocenters. The van der Waals surface area contributed by atoms with Gasteiger partial charge in [0.2, 0.25) is 0 Å². The molecule has 0 spiro atoms. The molecule has 86 valence electrons. The van der Waals surface area contributed by atoms with E-state index < -0.39 is 5.97 Å². The third-order valence-electron chi connectivity index (χ3n) is 1.77.